The number of nitrogens with zero attached hydrogens (tertiary/aromatic N) is 1. The number of rotatable bonds is 6. The molecule has 1 heterocycles. The molecule has 1 N–H and O–H groups in total. The van der Waals surface area contributed by atoms with Crippen LogP contribution in [0, 0.1) is 0 Å². The van der Waals surface area contributed by atoms with E-state index >= 15 is 0 Å². The van der Waals surface area contributed by atoms with Crippen molar-refractivity contribution >= 4 is 39.0 Å². The van der Waals surface area contributed by atoms with Gasteiger partial charge in [0.25, 0.3) is 0 Å². The first-order chi connectivity index (χ1) is 9.20. The van der Waals surface area contributed by atoms with Crippen molar-refractivity contribution in [2.75, 3.05) is 6.54 Å². The van der Waals surface area contributed by atoms with E-state index in [2.05, 4.69) is 58.7 Å². The van der Waals surface area contributed by atoms with Gasteiger partial charge in [0.15, 0.2) is 0 Å². The monoisotopic (exact) mass is 356 g/mol. The van der Waals surface area contributed by atoms with Gasteiger partial charge in [-0.1, -0.05) is 19.1 Å². The number of hydrogen-bond acceptors (Lipinski definition) is 4. The lowest BCUT2D eigenvalue weighted by Crippen LogP contribution is -2.17. The summed E-state index contributed by atoms with van der Waals surface area (Å²) in [4.78, 5) is 5.96. The summed E-state index contributed by atoms with van der Waals surface area (Å²) in [6, 6.07) is 8.64. The van der Waals surface area contributed by atoms with Gasteiger partial charge >= 0.3 is 0 Å². The van der Waals surface area contributed by atoms with Crippen molar-refractivity contribution in [2.24, 2.45) is 0 Å². The molecule has 0 radical (unpaired) electrons. The quantitative estimate of drug-likeness (QED) is 0.747. The first kappa shape index (κ1) is 15.0. The van der Waals surface area contributed by atoms with E-state index in [1.54, 1.807) is 11.3 Å². The van der Waals surface area contributed by atoms with Crippen LogP contribution >= 0.6 is 39.0 Å². The second-order valence-electron chi connectivity index (χ2n) is 4.16. The van der Waals surface area contributed by atoms with Crippen LogP contribution in [0.1, 0.15) is 30.6 Å². The largest absolute Gasteiger partial charge is 0.309 e. The number of halogens is 1. The third-order valence-corrected chi connectivity index (χ3v) is 5.80. The highest BCUT2D eigenvalue weighted by Gasteiger charge is 2.09. The first-order valence-corrected chi connectivity index (χ1v) is 8.91. The molecule has 2 rings (SSSR count). The Morgan fingerprint density at radius 3 is 2.95 bits per heavy atom. The molecule has 1 aromatic heterocycles. The summed E-state index contributed by atoms with van der Waals surface area (Å²) in [6.07, 6.45) is 0. The smallest absolute Gasteiger partial charge is 0.103 e. The molecule has 0 spiro atoms. The summed E-state index contributed by atoms with van der Waals surface area (Å²) in [6.45, 7) is 5.25. The lowest BCUT2D eigenvalue weighted by Gasteiger charge is -2.08. The standard InChI is InChI=1S/C14H17BrN2S2/c1-3-16-10(2)12-8-19-14(17-12)9-18-13-7-5-4-6-11(13)15/h4-8,10,16H,3,9H2,1-2H3. The molecule has 0 aliphatic rings. The van der Waals surface area contributed by atoms with Crippen molar-refractivity contribution < 1.29 is 0 Å². The van der Waals surface area contributed by atoms with Gasteiger partial charge in [0, 0.05) is 20.8 Å². The van der Waals surface area contributed by atoms with E-state index in [0.717, 1.165) is 22.5 Å². The lowest BCUT2D eigenvalue weighted by atomic mass is 10.2. The van der Waals surface area contributed by atoms with Crippen molar-refractivity contribution in [3.8, 4) is 0 Å². The summed E-state index contributed by atoms with van der Waals surface area (Å²) in [5, 5.41) is 6.72. The molecule has 0 saturated heterocycles. The Labute approximate surface area is 131 Å². The first-order valence-electron chi connectivity index (χ1n) is 6.25. The van der Waals surface area contributed by atoms with E-state index < -0.39 is 0 Å². The highest BCUT2D eigenvalue weighted by molar-refractivity contribution is 9.10. The van der Waals surface area contributed by atoms with E-state index in [4.69, 9.17) is 4.98 Å². The molecule has 2 aromatic rings. The lowest BCUT2D eigenvalue weighted by molar-refractivity contribution is 0.585. The van der Waals surface area contributed by atoms with Crippen molar-refractivity contribution in [2.45, 2.75) is 30.5 Å². The Kier molecular flexibility index (Phi) is 5.88. The minimum Gasteiger partial charge on any atom is -0.309 e. The molecule has 0 aliphatic carbocycles. The van der Waals surface area contributed by atoms with Crippen LogP contribution in [0.3, 0.4) is 0 Å². The molecular formula is C14H17BrN2S2. The number of nitrogens with one attached hydrogen (secondary N) is 1. The zero-order valence-corrected chi connectivity index (χ0v) is 14.2. The molecule has 0 bridgehead atoms. The van der Waals surface area contributed by atoms with Crippen LogP contribution in [-0.4, -0.2) is 11.5 Å². The summed E-state index contributed by atoms with van der Waals surface area (Å²) in [5.74, 6) is 0.923. The van der Waals surface area contributed by atoms with Crippen LogP contribution in [0.15, 0.2) is 39.0 Å². The number of benzene rings is 1. The van der Waals surface area contributed by atoms with Crippen molar-refractivity contribution in [1.82, 2.24) is 10.3 Å². The van der Waals surface area contributed by atoms with Crippen molar-refractivity contribution in [3.05, 3.63) is 44.8 Å². The normalized spacial score (nSPS) is 12.6. The fraction of sp³-hybridized carbons (Fsp3) is 0.357. The van der Waals surface area contributed by atoms with Crippen molar-refractivity contribution in [1.29, 1.82) is 0 Å². The zero-order valence-electron chi connectivity index (χ0n) is 11.0. The van der Waals surface area contributed by atoms with Crippen LogP contribution in [0.25, 0.3) is 0 Å². The van der Waals surface area contributed by atoms with Gasteiger partial charge in [0.2, 0.25) is 0 Å². The van der Waals surface area contributed by atoms with Gasteiger partial charge in [-0.15, -0.1) is 23.1 Å². The second-order valence-corrected chi connectivity index (χ2v) is 6.98. The van der Waals surface area contributed by atoms with Crippen molar-refractivity contribution in [3.63, 3.8) is 0 Å². The molecule has 102 valence electrons. The summed E-state index contributed by atoms with van der Waals surface area (Å²) < 4.78 is 1.15. The average molecular weight is 357 g/mol. The zero-order chi connectivity index (χ0) is 13.7. The number of thiazole rings is 1. The predicted octanol–water partition coefficient (Wildman–Crippen LogP) is 4.87. The maximum absolute atomic E-state index is 4.69. The van der Waals surface area contributed by atoms with Gasteiger partial charge in [-0.3, -0.25) is 0 Å². The van der Waals surface area contributed by atoms with Crippen LogP contribution in [0.2, 0.25) is 0 Å². The molecule has 19 heavy (non-hydrogen) atoms. The van der Waals surface area contributed by atoms with Crippen LogP contribution in [0.4, 0.5) is 0 Å². The third kappa shape index (κ3) is 4.31. The molecule has 0 aliphatic heterocycles. The minimum absolute atomic E-state index is 0.337. The summed E-state index contributed by atoms with van der Waals surface area (Å²) in [5.41, 5.74) is 1.15. The van der Waals surface area contributed by atoms with E-state index in [0.29, 0.717) is 6.04 Å². The average Bonchev–Trinajstić information content (AvgIpc) is 2.87. The molecule has 1 unspecified atom stereocenters. The summed E-state index contributed by atoms with van der Waals surface area (Å²) in [7, 11) is 0. The second kappa shape index (κ2) is 7.43. The molecule has 1 atom stereocenters. The fourth-order valence-electron chi connectivity index (χ4n) is 1.70. The molecule has 1 aromatic carbocycles. The Bertz CT molecular complexity index is 528. The van der Waals surface area contributed by atoms with E-state index in [9.17, 15) is 0 Å². The van der Waals surface area contributed by atoms with Gasteiger partial charge in [-0.05, 0) is 41.5 Å². The topological polar surface area (TPSA) is 24.9 Å². The molecular weight excluding hydrogens is 340 g/mol. The Balaban J connectivity index is 1.95. The molecule has 0 amide bonds. The van der Waals surface area contributed by atoms with Gasteiger partial charge in [0.1, 0.15) is 5.01 Å². The summed E-state index contributed by atoms with van der Waals surface area (Å²) >= 11 is 7.13. The highest BCUT2D eigenvalue weighted by atomic mass is 79.9. The molecule has 0 saturated carbocycles. The van der Waals surface area contributed by atoms with E-state index in [1.165, 1.54) is 9.90 Å². The van der Waals surface area contributed by atoms with Gasteiger partial charge in [0.05, 0.1) is 11.4 Å². The van der Waals surface area contributed by atoms with Gasteiger partial charge < -0.3 is 5.32 Å². The minimum atomic E-state index is 0.337. The van der Waals surface area contributed by atoms with Crippen LogP contribution in [-0.2, 0) is 5.75 Å². The van der Waals surface area contributed by atoms with E-state index in [-0.39, 0.29) is 0 Å². The third-order valence-electron chi connectivity index (χ3n) is 2.71. The molecule has 0 fully saturated rings. The Morgan fingerprint density at radius 1 is 1.42 bits per heavy atom. The highest BCUT2D eigenvalue weighted by Crippen LogP contribution is 2.30. The number of thioether (sulfide) groups is 1. The number of hydrogen-bond donors (Lipinski definition) is 1. The SMILES string of the molecule is CCNC(C)c1csc(CSc2ccccc2Br)n1. The van der Waals surface area contributed by atoms with Gasteiger partial charge in [-0.25, -0.2) is 4.98 Å². The fourth-order valence-corrected chi connectivity index (χ4v) is 4.18. The van der Waals surface area contributed by atoms with E-state index in [1.807, 2.05) is 17.8 Å². The molecule has 2 nitrogen and oxygen atoms in total. The Morgan fingerprint density at radius 2 is 2.21 bits per heavy atom. The molecule has 5 heteroatoms. The number of aromatic nitrogens is 1. The maximum Gasteiger partial charge on any atom is 0.103 e. The Hall–Kier alpha value is -0.360. The van der Waals surface area contributed by atoms with Gasteiger partial charge in [-0.2, -0.15) is 0 Å². The predicted molar refractivity (Wildman–Crippen MR) is 87.9 cm³/mol. The van der Waals surface area contributed by atoms with Crippen LogP contribution in [0.5, 0.6) is 0 Å². The van der Waals surface area contributed by atoms with Crippen LogP contribution < -0.4 is 5.32 Å². The maximum atomic E-state index is 4.69.